The third kappa shape index (κ3) is 3.51. The number of benzene rings is 1. The number of amides is 2. The second kappa shape index (κ2) is 7.65. The second-order valence-electron chi connectivity index (χ2n) is 8.81. The lowest BCUT2D eigenvalue weighted by atomic mass is 9.73. The third-order valence-electron chi connectivity index (χ3n) is 7.31. The normalized spacial score (nSPS) is 24.6. The van der Waals surface area contributed by atoms with Gasteiger partial charge in [-0.3, -0.25) is 9.59 Å². The van der Waals surface area contributed by atoms with Crippen LogP contribution < -0.4 is 5.32 Å². The molecule has 0 bridgehead atoms. The van der Waals surface area contributed by atoms with E-state index in [2.05, 4.69) is 34.5 Å². The minimum absolute atomic E-state index is 0.122. The lowest BCUT2D eigenvalue weighted by molar-refractivity contribution is -0.138. The highest BCUT2D eigenvalue weighted by Crippen LogP contribution is 2.52. The Morgan fingerprint density at radius 3 is 2.52 bits per heavy atom. The van der Waals surface area contributed by atoms with E-state index in [1.165, 1.54) is 30.4 Å². The highest BCUT2D eigenvalue weighted by Gasteiger charge is 2.46. The van der Waals surface area contributed by atoms with Gasteiger partial charge in [0.15, 0.2) is 0 Å². The van der Waals surface area contributed by atoms with E-state index >= 15 is 0 Å². The molecule has 1 aromatic carbocycles. The van der Waals surface area contributed by atoms with E-state index in [-0.39, 0.29) is 17.2 Å². The van der Waals surface area contributed by atoms with Crippen LogP contribution in [0, 0.1) is 5.92 Å². The van der Waals surface area contributed by atoms with E-state index in [0.717, 1.165) is 45.2 Å². The number of nitrogens with one attached hydrogen (secondary N) is 1. The van der Waals surface area contributed by atoms with Crippen LogP contribution in [-0.4, -0.2) is 36.9 Å². The Balaban J connectivity index is 1.47. The van der Waals surface area contributed by atoms with Crippen molar-refractivity contribution >= 4 is 11.8 Å². The van der Waals surface area contributed by atoms with Crippen molar-refractivity contribution < 1.29 is 9.59 Å². The maximum Gasteiger partial charge on any atom is 0.225 e. The standard InChI is InChI=1S/C23H32N2O2/c1-24-21(26)15-18-16-23(20-10-6-5-9-19(18)20)11-13-25(14-12-23)22(27)17-7-3-2-4-8-17/h5-6,9-10,17-18H,2-4,7-8,11-16H2,1H3,(H,24,26). The second-order valence-corrected chi connectivity index (χ2v) is 8.81. The number of piperidine rings is 1. The number of hydrogen-bond donors (Lipinski definition) is 1. The first-order valence-corrected chi connectivity index (χ1v) is 10.7. The van der Waals surface area contributed by atoms with Crippen molar-refractivity contribution in [1.29, 1.82) is 0 Å². The number of rotatable bonds is 3. The predicted molar refractivity (Wildman–Crippen MR) is 107 cm³/mol. The molecule has 2 aliphatic carbocycles. The van der Waals surface area contributed by atoms with Crippen molar-refractivity contribution in [3.8, 4) is 0 Å². The molecule has 1 unspecified atom stereocenters. The Morgan fingerprint density at radius 2 is 1.81 bits per heavy atom. The van der Waals surface area contributed by atoms with Crippen molar-refractivity contribution in [2.24, 2.45) is 5.92 Å². The van der Waals surface area contributed by atoms with Crippen molar-refractivity contribution in [3.63, 3.8) is 0 Å². The third-order valence-corrected chi connectivity index (χ3v) is 7.31. The Bertz CT molecular complexity index is 700. The van der Waals surface area contributed by atoms with Crippen LogP contribution in [0.5, 0.6) is 0 Å². The molecule has 1 aromatic rings. The van der Waals surface area contributed by atoms with E-state index in [4.69, 9.17) is 0 Å². The van der Waals surface area contributed by atoms with Crippen LogP contribution in [0.25, 0.3) is 0 Å². The van der Waals surface area contributed by atoms with E-state index in [9.17, 15) is 9.59 Å². The molecular formula is C23H32N2O2. The minimum Gasteiger partial charge on any atom is -0.359 e. The minimum atomic E-state index is 0.122. The molecule has 146 valence electrons. The molecule has 4 heteroatoms. The molecule has 0 radical (unpaired) electrons. The van der Waals surface area contributed by atoms with Crippen LogP contribution >= 0.6 is 0 Å². The van der Waals surface area contributed by atoms with Gasteiger partial charge in [-0.1, -0.05) is 43.5 Å². The summed E-state index contributed by atoms with van der Waals surface area (Å²) in [4.78, 5) is 27.1. The summed E-state index contributed by atoms with van der Waals surface area (Å²) < 4.78 is 0. The van der Waals surface area contributed by atoms with Gasteiger partial charge in [0.25, 0.3) is 0 Å². The maximum absolute atomic E-state index is 12.9. The summed E-state index contributed by atoms with van der Waals surface area (Å²) in [5.41, 5.74) is 2.94. The number of nitrogens with zero attached hydrogens (tertiary/aromatic N) is 1. The van der Waals surface area contributed by atoms with Crippen molar-refractivity contribution in [2.75, 3.05) is 20.1 Å². The Morgan fingerprint density at radius 1 is 1.11 bits per heavy atom. The smallest absolute Gasteiger partial charge is 0.225 e. The molecule has 3 aliphatic rings. The first-order valence-electron chi connectivity index (χ1n) is 10.7. The van der Waals surface area contributed by atoms with Crippen LogP contribution in [0.15, 0.2) is 24.3 Å². The van der Waals surface area contributed by atoms with Gasteiger partial charge >= 0.3 is 0 Å². The fourth-order valence-electron chi connectivity index (χ4n) is 5.77. The molecule has 1 spiro atoms. The molecule has 2 fully saturated rings. The maximum atomic E-state index is 12.9. The summed E-state index contributed by atoms with van der Waals surface area (Å²) in [5.74, 6) is 1.10. The molecule has 0 aromatic heterocycles. The highest BCUT2D eigenvalue weighted by molar-refractivity contribution is 5.79. The number of fused-ring (bicyclic) bond motifs is 2. The van der Waals surface area contributed by atoms with Gasteiger partial charge in [0.1, 0.15) is 0 Å². The van der Waals surface area contributed by atoms with Gasteiger partial charge in [-0.25, -0.2) is 0 Å². The highest BCUT2D eigenvalue weighted by atomic mass is 16.2. The molecule has 27 heavy (non-hydrogen) atoms. The van der Waals surface area contributed by atoms with Crippen LogP contribution in [0.1, 0.15) is 74.8 Å². The van der Waals surface area contributed by atoms with E-state index in [0.29, 0.717) is 18.2 Å². The largest absolute Gasteiger partial charge is 0.359 e. The topological polar surface area (TPSA) is 49.4 Å². The van der Waals surface area contributed by atoms with Gasteiger partial charge in [-0.15, -0.1) is 0 Å². The van der Waals surface area contributed by atoms with Gasteiger partial charge in [0.2, 0.25) is 11.8 Å². The Kier molecular flexibility index (Phi) is 5.25. The lowest BCUT2D eigenvalue weighted by Crippen LogP contribution is -2.46. The molecule has 4 nitrogen and oxygen atoms in total. The van der Waals surface area contributed by atoms with E-state index in [1.54, 1.807) is 7.05 Å². The van der Waals surface area contributed by atoms with Crippen molar-refractivity contribution in [1.82, 2.24) is 10.2 Å². The summed E-state index contributed by atoms with van der Waals surface area (Å²) in [6.07, 6.45) is 9.56. The molecule has 2 amide bonds. The van der Waals surface area contributed by atoms with Crippen LogP contribution in [-0.2, 0) is 15.0 Å². The number of carbonyl (C=O) groups is 2. The predicted octanol–water partition coefficient (Wildman–Crippen LogP) is 3.75. The summed E-state index contributed by atoms with van der Waals surface area (Å²) in [5, 5.41) is 2.78. The van der Waals surface area contributed by atoms with Gasteiger partial charge in [0, 0.05) is 32.5 Å². The Hall–Kier alpha value is -1.84. The quantitative estimate of drug-likeness (QED) is 0.883. The summed E-state index contributed by atoms with van der Waals surface area (Å²) >= 11 is 0. The molecule has 4 rings (SSSR count). The van der Waals surface area contributed by atoms with Crippen LogP contribution in [0.4, 0.5) is 0 Å². The van der Waals surface area contributed by atoms with Gasteiger partial charge in [0.05, 0.1) is 0 Å². The van der Waals surface area contributed by atoms with E-state index in [1.807, 2.05) is 0 Å². The molecule has 1 heterocycles. The molecule has 1 N–H and O–H groups in total. The molecule has 1 saturated heterocycles. The number of carbonyl (C=O) groups excluding carboxylic acids is 2. The number of hydrogen-bond acceptors (Lipinski definition) is 2. The molecular weight excluding hydrogens is 336 g/mol. The first kappa shape index (κ1) is 18.5. The fourth-order valence-corrected chi connectivity index (χ4v) is 5.77. The SMILES string of the molecule is CNC(=O)CC1CC2(CCN(C(=O)C3CCCCC3)CC2)c2ccccc21. The van der Waals surface area contributed by atoms with Crippen molar-refractivity contribution in [3.05, 3.63) is 35.4 Å². The van der Waals surface area contributed by atoms with Gasteiger partial charge in [-0.05, 0) is 54.6 Å². The Labute approximate surface area is 162 Å². The lowest BCUT2D eigenvalue weighted by Gasteiger charge is -2.42. The van der Waals surface area contributed by atoms with Crippen molar-refractivity contribution in [2.45, 2.75) is 69.1 Å². The zero-order valence-electron chi connectivity index (χ0n) is 16.5. The van der Waals surface area contributed by atoms with Crippen LogP contribution in [0.3, 0.4) is 0 Å². The molecule has 1 atom stereocenters. The molecule has 1 saturated carbocycles. The molecule has 1 aliphatic heterocycles. The summed E-state index contributed by atoms with van der Waals surface area (Å²) in [7, 11) is 1.72. The summed E-state index contributed by atoms with van der Waals surface area (Å²) in [6.45, 7) is 1.74. The van der Waals surface area contributed by atoms with Crippen LogP contribution in [0.2, 0.25) is 0 Å². The summed E-state index contributed by atoms with van der Waals surface area (Å²) in [6, 6.07) is 8.69. The van der Waals surface area contributed by atoms with Gasteiger partial charge in [-0.2, -0.15) is 0 Å². The average Bonchev–Trinajstić information content (AvgIpc) is 3.02. The first-order chi connectivity index (χ1) is 13.1. The van der Waals surface area contributed by atoms with Gasteiger partial charge < -0.3 is 10.2 Å². The monoisotopic (exact) mass is 368 g/mol. The zero-order valence-corrected chi connectivity index (χ0v) is 16.5. The number of likely N-dealkylation sites (tertiary alicyclic amines) is 1. The fraction of sp³-hybridized carbons (Fsp3) is 0.652. The zero-order chi connectivity index (χ0) is 18.9. The average molecular weight is 369 g/mol. The van der Waals surface area contributed by atoms with E-state index < -0.39 is 0 Å².